The fraction of sp³-hybridized carbons (Fsp3) is 0.304. The van der Waals surface area contributed by atoms with Crippen LogP contribution in [-0.2, 0) is 19.6 Å². The lowest BCUT2D eigenvalue weighted by Gasteiger charge is -2.36. The van der Waals surface area contributed by atoms with Crippen molar-refractivity contribution in [3.63, 3.8) is 0 Å². The number of aromatic nitrogens is 1. The number of hydrogen-bond acceptors (Lipinski definition) is 5. The molecule has 0 fully saturated rings. The molecule has 0 aliphatic carbocycles. The molecule has 162 valence electrons. The van der Waals surface area contributed by atoms with Crippen LogP contribution in [-0.4, -0.2) is 47.5 Å². The molecular weight excluding hydrogens is 404 g/mol. The van der Waals surface area contributed by atoms with Crippen LogP contribution in [0, 0.1) is 11.6 Å². The van der Waals surface area contributed by atoms with Crippen LogP contribution in [0.15, 0.2) is 53.1 Å². The van der Waals surface area contributed by atoms with Gasteiger partial charge in [0.15, 0.2) is 28.8 Å². The summed E-state index contributed by atoms with van der Waals surface area (Å²) in [6.07, 6.45) is 0.858. The normalized spacial score (nSPS) is 16.1. The van der Waals surface area contributed by atoms with Crippen molar-refractivity contribution in [2.24, 2.45) is 0 Å². The van der Waals surface area contributed by atoms with Gasteiger partial charge in [-0.05, 0) is 36.7 Å². The standard InChI is InChI=1S/C23H23F2N3O3/c1-27-12-16-7-4-3-6-15(16)10-17(27)13-28(2)23(29)21-11-18(31-26-21)14-30-22-19(24)8-5-9-20(22)25/h3-9,11,17H,10,12-14H2,1-2H3/t17-/m1/s1. The molecule has 4 rings (SSSR count). The number of halogens is 2. The Balaban J connectivity index is 1.37. The van der Waals surface area contributed by atoms with E-state index in [2.05, 4.69) is 22.2 Å². The highest BCUT2D eigenvalue weighted by Gasteiger charge is 2.27. The second-order valence-electron chi connectivity index (χ2n) is 7.75. The maximum absolute atomic E-state index is 13.7. The van der Waals surface area contributed by atoms with Crippen molar-refractivity contribution in [1.29, 1.82) is 0 Å². The predicted octanol–water partition coefficient (Wildman–Crippen LogP) is 3.66. The van der Waals surface area contributed by atoms with Gasteiger partial charge in [0, 0.05) is 32.2 Å². The number of benzene rings is 2. The van der Waals surface area contributed by atoms with Crippen LogP contribution in [0.1, 0.15) is 27.4 Å². The summed E-state index contributed by atoms with van der Waals surface area (Å²) >= 11 is 0. The first-order chi connectivity index (χ1) is 14.9. The van der Waals surface area contributed by atoms with Gasteiger partial charge < -0.3 is 14.2 Å². The van der Waals surface area contributed by atoms with Crippen molar-refractivity contribution in [2.75, 3.05) is 20.6 Å². The van der Waals surface area contributed by atoms with E-state index in [1.807, 2.05) is 19.2 Å². The predicted molar refractivity (Wildman–Crippen MR) is 110 cm³/mol. The lowest BCUT2D eigenvalue weighted by atomic mass is 9.94. The van der Waals surface area contributed by atoms with E-state index in [0.29, 0.717) is 6.54 Å². The molecule has 0 saturated carbocycles. The zero-order valence-electron chi connectivity index (χ0n) is 17.3. The SMILES string of the molecule is CN(C[C@H]1Cc2ccccc2CN1C)C(=O)c1cc(COc2c(F)cccc2F)on1. The molecule has 1 atom stereocenters. The molecule has 0 radical (unpaired) electrons. The zero-order chi connectivity index (χ0) is 22.0. The van der Waals surface area contributed by atoms with E-state index in [4.69, 9.17) is 9.26 Å². The van der Waals surface area contributed by atoms with E-state index in [-0.39, 0.29) is 30.0 Å². The van der Waals surface area contributed by atoms with Crippen molar-refractivity contribution in [2.45, 2.75) is 25.6 Å². The first-order valence-electron chi connectivity index (χ1n) is 9.97. The van der Waals surface area contributed by atoms with Crippen LogP contribution in [0.2, 0.25) is 0 Å². The number of likely N-dealkylation sites (N-methyl/N-ethyl adjacent to an activating group) is 2. The molecular formula is C23H23F2N3O3. The smallest absolute Gasteiger partial charge is 0.275 e. The lowest BCUT2D eigenvalue weighted by Crippen LogP contribution is -2.46. The molecule has 0 saturated heterocycles. The van der Waals surface area contributed by atoms with E-state index in [1.54, 1.807) is 11.9 Å². The van der Waals surface area contributed by atoms with Crippen LogP contribution in [0.4, 0.5) is 8.78 Å². The first-order valence-corrected chi connectivity index (χ1v) is 9.97. The zero-order valence-corrected chi connectivity index (χ0v) is 17.3. The number of ether oxygens (including phenoxy) is 1. The van der Waals surface area contributed by atoms with E-state index in [0.717, 1.165) is 25.1 Å². The quantitative estimate of drug-likeness (QED) is 0.601. The van der Waals surface area contributed by atoms with Crippen LogP contribution in [0.3, 0.4) is 0 Å². The average Bonchev–Trinajstić information content (AvgIpc) is 3.22. The molecule has 1 amide bonds. The van der Waals surface area contributed by atoms with Gasteiger partial charge in [-0.1, -0.05) is 35.5 Å². The molecule has 8 heteroatoms. The average molecular weight is 427 g/mol. The molecule has 31 heavy (non-hydrogen) atoms. The Kier molecular flexibility index (Phi) is 5.99. The highest BCUT2D eigenvalue weighted by Crippen LogP contribution is 2.24. The van der Waals surface area contributed by atoms with Gasteiger partial charge >= 0.3 is 0 Å². The van der Waals surface area contributed by atoms with E-state index < -0.39 is 17.4 Å². The van der Waals surface area contributed by atoms with Gasteiger partial charge in [-0.3, -0.25) is 9.69 Å². The topological polar surface area (TPSA) is 58.8 Å². The van der Waals surface area contributed by atoms with Crippen molar-refractivity contribution in [3.05, 3.63) is 82.7 Å². The van der Waals surface area contributed by atoms with Gasteiger partial charge in [-0.15, -0.1) is 0 Å². The third-order valence-corrected chi connectivity index (χ3v) is 5.50. The highest BCUT2D eigenvalue weighted by molar-refractivity contribution is 5.92. The minimum absolute atomic E-state index is 0.119. The highest BCUT2D eigenvalue weighted by atomic mass is 19.1. The molecule has 1 aliphatic heterocycles. The number of carbonyl (C=O) groups is 1. The van der Waals surface area contributed by atoms with E-state index in [1.165, 1.54) is 23.3 Å². The van der Waals surface area contributed by atoms with Gasteiger partial charge in [-0.2, -0.15) is 0 Å². The molecule has 0 spiro atoms. The maximum Gasteiger partial charge on any atom is 0.275 e. The number of fused-ring (bicyclic) bond motifs is 1. The van der Waals surface area contributed by atoms with Gasteiger partial charge in [0.2, 0.25) is 0 Å². The summed E-state index contributed by atoms with van der Waals surface area (Å²) in [4.78, 5) is 16.6. The summed E-state index contributed by atoms with van der Waals surface area (Å²) in [5.74, 6) is -2.21. The number of amides is 1. The number of nitrogens with zero attached hydrogens (tertiary/aromatic N) is 3. The van der Waals surface area contributed by atoms with Crippen LogP contribution in [0.5, 0.6) is 5.75 Å². The molecule has 1 aromatic heterocycles. The minimum atomic E-state index is -0.811. The molecule has 1 aliphatic rings. The fourth-order valence-electron chi connectivity index (χ4n) is 3.76. The molecule has 2 heterocycles. The number of carbonyl (C=O) groups excluding carboxylic acids is 1. The number of rotatable bonds is 6. The number of hydrogen-bond donors (Lipinski definition) is 0. The van der Waals surface area contributed by atoms with Gasteiger partial charge in [-0.25, -0.2) is 8.78 Å². The van der Waals surface area contributed by atoms with E-state index in [9.17, 15) is 13.6 Å². The summed E-state index contributed by atoms with van der Waals surface area (Å²) in [7, 11) is 3.77. The lowest BCUT2D eigenvalue weighted by molar-refractivity contribution is 0.0723. The minimum Gasteiger partial charge on any atom is -0.479 e. The van der Waals surface area contributed by atoms with Crippen molar-refractivity contribution >= 4 is 5.91 Å². The summed E-state index contributed by atoms with van der Waals surface area (Å²) < 4.78 is 37.6. The Morgan fingerprint density at radius 3 is 2.65 bits per heavy atom. The summed E-state index contributed by atoms with van der Waals surface area (Å²) in [5.41, 5.74) is 2.73. The van der Waals surface area contributed by atoms with Crippen LogP contribution < -0.4 is 4.74 Å². The van der Waals surface area contributed by atoms with Crippen molar-refractivity contribution < 1.29 is 22.8 Å². The molecule has 3 aromatic rings. The van der Waals surface area contributed by atoms with Gasteiger partial charge in [0.25, 0.3) is 5.91 Å². The molecule has 0 bridgehead atoms. The second kappa shape index (κ2) is 8.85. The molecule has 6 nitrogen and oxygen atoms in total. The maximum atomic E-state index is 13.7. The Hall–Kier alpha value is -3.26. The van der Waals surface area contributed by atoms with Crippen molar-refractivity contribution in [3.8, 4) is 5.75 Å². The Bertz CT molecular complexity index is 1070. The summed E-state index contributed by atoms with van der Waals surface area (Å²) in [6, 6.07) is 13.4. The monoisotopic (exact) mass is 427 g/mol. The van der Waals surface area contributed by atoms with E-state index >= 15 is 0 Å². The second-order valence-corrected chi connectivity index (χ2v) is 7.75. The van der Waals surface area contributed by atoms with Crippen molar-refractivity contribution in [1.82, 2.24) is 15.0 Å². The van der Waals surface area contributed by atoms with Gasteiger partial charge in [0.05, 0.1) is 0 Å². The first kappa shape index (κ1) is 21.0. The Labute approximate surface area is 179 Å². The third kappa shape index (κ3) is 4.59. The molecule has 0 N–H and O–H groups in total. The molecule has 0 unspecified atom stereocenters. The van der Waals surface area contributed by atoms with Crippen LogP contribution in [0.25, 0.3) is 0 Å². The molecule has 2 aromatic carbocycles. The number of para-hydroxylation sites is 1. The summed E-state index contributed by atoms with van der Waals surface area (Å²) in [6.45, 7) is 1.12. The largest absolute Gasteiger partial charge is 0.479 e. The Morgan fingerprint density at radius 2 is 1.90 bits per heavy atom. The third-order valence-electron chi connectivity index (χ3n) is 5.50. The Morgan fingerprint density at radius 1 is 1.19 bits per heavy atom. The van der Waals surface area contributed by atoms with Crippen LogP contribution >= 0.6 is 0 Å². The fourth-order valence-corrected chi connectivity index (χ4v) is 3.76. The summed E-state index contributed by atoms with van der Waals surface area (Å²) in [5, 5.41) is 3.80. The van der Waals surface area contributed by atoms with Gasteiger partial charge in [0.1, 0.15) is 6.61 Å².